The van der Waals surface area contributed by atoms with Gasteiger partial charge in [0.05, 0.1) is 13.3 Å². The van der Waals surface area contributed by atoms with E-state index in [0.717, 1.165) is 22.7 Å². The van der Waals surface area contributed by atoms with Crippen LogP contribution in [0.15, 0.2) is 54.7 Å². The zero-order chi connectivity index (χ0) is 16.1. The zero-order valence-electron chi connectivity index (χ0n) is 12.9. The fourth-order valence-corrected chi connectivity index (χ4v) is 2.07. The summed E-state index contributed by atoms with van der Waals surface area (Å²) >= 11 is 0. The number of nitrogens with zero attached hydrogens (tertiary/aromatic N) is 3. The Hall–Kier alpha value is -3.15. The Bertz CT molecular complexity index is 789. The van der Waals surface area contributed by atoms with Crippen molar-refractivity contribution in [3.05, 3.63) is 60.3 Å². The summed E-state index contributed by atoms with van der Waals surface area (Å²) in [7, 11) is 1.64. The van der Waals surface area contributed by atoms with Crippen LogP contribution in [0.4, 0.5) is 23.1 Å². The third kappa shape index (κ3) is 3.74. The maximum absolute atomic E-state index is 5.13. The summed E-state index contributed by atoms with van der Waals surface area (Å²) in [5.41, 5.74) is 2.99. The van der Waals surface area contributed by atoms with Crippen LogP contribution < -0.4 is 15.4 Å². The van der Waals surface area contributed by atoms with E-state index in [0.29, 0.717) is 11.8 Å². The van der Waals surface area contributed by atoms with Crippen molar-refractivity contribution in [2.45, 2.75) is 6.92 Å². The minimum atomic E-state index is 0.425. The summed E-state index contributed by atoms with van der Waals surface area (Å²) in [5.74, 6) is 1.85. The Morgan fingerprint density at radius 1 is 0.957 bits per heavy atom. The molecule has 0 aliphatic rings. The van der Waals surface area contributed by atoms with Crippen molar-refractivity contribution in [3.8, 4) is 5.75 Å². The Morgan fingerprint density at radius 2 is 1.74 bits per heavy atom. The van der Waals surface area contributed by atoms with Gasteiger partial charge in [0, 0.05) is 11.4 Å². The SMILES string of the molecule is COc1ccc(Nc2nncc(Nc3ccccc3C)n2)cc1. The van der Waals surface area contributed by atoms with Gasteiger partial charge in [-0.3, -0.25) is 0 Å². The molecule has 0 fully saturated rings. The van der Waals surface area contributed by atoms with Gasteiger partial charge >= 0.3 is 0 Å². The summed E-state index contributed by atoms with van der Waals surface area (Å²) < 4.78 is 5.13. The first-order chi connectivity index (χ1) is 11.2. The Labute approximate surface area is 134 Å². The number of benzene rings is 2. The number of aromatic nitrogens is 3. The zero-order valence-corrected chi connectivity index (χ0v) is 12.9. The van der Waals surface area contributed by atoms with Crippen LogP contribution in [0.1, 0.15) is 5.56 Å². The molecule has 1 heterocycles. The summed E-state index contributed by atoms with van der Waals surface area (Å²) in [6.07, 6.45) is 1.59. The third-order valence-corrected chi connectivity index (χ3v) is 3.31. The number of methoxy groups -OCH3 is 1. The lowest BCUT2D eigenvalue weighted by Gasteiger charge is -2.09. The van der Waals surface area contributed by atoms with Gasteiger partial charge in [0.15, 0.2) is 5.82 Å². The molecule has 0 unspecified atom stereocenters. The van der Waals surface area contributed by atoms with E-state index < -0.39 is 0 Å². The fraction of sp³-hybridized carbons (Fsp3) is 0.118. The molecule has 0 atom stereocenters. The van der Waals surface area contributed by atoms with Crippen molar-refractivity contribution in [2.75, 3.05) is 17.7 Å². The average Bonchev–Trinajstić information content (AvgIpc) is 2.58. The molecule has 0 saturated carbocycles. The molecular weight excluding hydrogens is 290 g/mol. The highest BCUT2D eigenvalue weighted by atomic mass is 16.5. The lowest BCUT2D eigenvalue weighted by atomic mass is 10.2. The van der Waals surface area contributed by atoms with Gasteiger partial charge in [-0.15, -0.1) is 5.10 Å². The first-order valence-electron chi connectivity index (χ1n) is 7.18. The number of rotatable bonds is 5. The van der Waals surface area contributed by atoms with Crippen LogP contribution >= 0.6 is 0 Å². The van der Waals surface area contributed by atoms with Gasteiger partial charge < -0.3 is 15.4 Å². The van der Waals surface area contributed by atoms with Gasteiger partial charge in [0.2, 0.25) is 5.95 Å². The largest absolute Gasteiger partial charge is 0.497 e. The van der Waals surface area contributed by atoms with Gasteiger partial charge in [0.25, 0.3) is 0 Å². The standard InChI is InChI=1S/C17H17N5O/c1-12-5-3-4-6-15(12)20-16-11-18-22-17(21-16)19-13-7-9-14(23-2)10-8-13/h3-11H,1-2H3,(H2,19,20,21,22). The molecule has 2 aromatic carbocycles. The lowest BCUT2D eigenvalue weighted by molar-refractivity contribution is 0.415. The van der Waals surface area contributed by atoms with Crippen molar-refractivity contribution in [1.29, 1.82) is 0 Å². The molecule has 23 heavy (non-hydrogen) atoms. The third-order valence-electron chi connectivity index (χ3n) is 3.31. The van der Waals surface area contributed by atoms with Crippen molar-refractivity contribution in [1.82, 2.24) is 15.2 Å². The molecule has 1 aromatic heterocycles. The van der Waals surface area contributed by atoms with Gasteiger partial charge in [0.1, 0.15) is 5.75 Å². The molecule has 0 aliphatic carbocycles. The van der Waals surface area contributed by atoms with E-state index in [1.807, 2.05) is 55.5 Å². The monoisotopic (exact) mass is 307 g/mol. The lowest BCUT2D eigenvalue weighted by Crippen LogP contribution is -2.03. The number of anilines is 4. The smallest absolute Gasteiger partial charge is 0.249 e. The van der Waals surface area contributed by atoms with E-state index in [4.69, 9.17) is 4.74 Å². The van der Waals surface area contributed by atoms with Crippen molar-refractivity contribution in [3.63, 3.8) is 0 Å². The number of hydrogen-bond acceptors (Lipinski definition) is 6. The predicted molar refractivity (Wildman–Crippen MR) is 90.6 cm³/mol. The number of hydrogen-bond donors (Lipinski definition) is 2. The molecular formula is C17H17N5O. The van der Waals surface area contributed by atoms with E-state index in [2.05, 4.69) is 25.8 Å². The number of para-hydroxylation sites is 1. The summed E-state index contributed by atoms with van der Waals surface area (Å²) in [6.45, 7) is 2.04. The van der Waals surface area contributed by atoms with Gasteiger partial charge in [-0.05, 0) is 42.8 Å². The second-order valence-electron chi connectivity index (χ2n) is 4.96. The first-order valence-corrected chi connectivity index (χ1v) is 7.18. The molecule has 6 heteroatoms. The van der Waals surface area contributed by atoms with Crippen LogP contribution in [0.2, 0.25) is 0 Å². The van der Waals surface area contributed by atoms with E-state index in [1.54, 1.807) is 13.3 Å². The van der Waals surface area contributed by atoms with Crippen molar-refractivity contribution in [2.24, 2.45) is 0 Å². The molecule has 0 radical (unpaired) electrons. The molecule has 6 nitrogen and oxygen atoms in total. The van der Waals surface area contributed by atoms with Crippen molar-refractivity contribution >= 4 is 23.1 Å². The van der Waals surface area contributed by atoms with Crippen LogP contribution in [0.5, 0.6) is 5.75 Å². The summed E-state index contributed by atoms with van der Waals surface area (Å²) in [5, 5.41) is 14.3. The van der Waals surface area contributed by atoms with Crippen LogP contribution in [0.3, 0.4) is 0 Å². The second kappa shape index (κ2) is 6.74. The quantitative estimate of drug-likeness (QED) is 0.749. The van der Waals surface area contributed by atoms with E-state index in [1.165, 1.54) is 0 Å². The fourth-order valence-electron chi connectivity index (χ4n) is 2.07. The van der Waals surface area contributed by atoms with E-state index in [9.17, 15) is 0 Å². The van der Waals surface area contributed by atoms with Crippen LogP contribution in [-0.2, 0) is 0 Å². The Morgan fingerprint density at radius 3 is 2.48 bits per heavy atom. The number of aryl methyl sites for hydroxylation is 1. The molecule has 2 N–H and O–H groups in total. The van der Waals surface area contributed by atoms with E-state index >= 15 is 0 Å². The van der Waals surface area contributed by atoms with Gasteiger partial charge in [-0.2, -0.15) is 10.1 Å². The molecule has 116 valence electrons. The normalized spacial score (nSPS) is 10.2. The van der Waals surface area contributed by atoms with Gasteiger partial charge in [-0.1, -0.05) is 18.2 Å². The van der Waals surface area contributed by atoms with E-state index in [-0.39, 0.29) is 0 Å². The maximum Gasteiger partial charge on any atom is 0.249 e. The Balaban J connectivity index is 1.75. The minimum Gasteiger partial charge on any atom is -0.497 e. The highest BCUT2D eigenvalue weighted by Gasteiger charge is 2.03. The molecule has 0 aliphatic heterocycles. The molecule has 3 rings (SSSR count). The maximum atomic E-state index is 5.13. The Kier molecular flexibility index (Phi) is 4.33. The van der Waals surface area contributed by atoms with Crippen LogP contribution in [0.25, 0.3) is 0 Å². The number of ether oxygens (including phenoxy) is 1. The summed E-state index contributed by atoms with van der Waals surface area (Å²) in [4.78, 5) is 4.42. The van der Waals surface area contributed by atoms with Crippen molar-refractivity contribution < 1.29 is 4.74 Å². The van der Waals surface area contributed by atoms with Crippen LogP contribution in [-0.4, -0.2) is 22.3 Å². The molecule has 0 bridgehead atoms. The average molecular weight is 307 g/mol. The topological polar surface area (TPSA) is 72.0 Å². The van der Waals surface area contributed by atoms with Gasteiger partial charge in [-0.25, -0.2) is 0 Å². The molecule has 3 aromatic rings. The number of nitrogens with one attached hydrogen (secondary N) is 2. The highest BCUT2D eigenvalue weighted by Crippen LogP contribution is 2.20. The highest BCUT2D eigenvalue weighted by molar-refractivity contribution is 5.61. The second-order valence-corrected chi connectivity index (χ2v) is 4.96. The summed E-state index contributed by atoms with van der Waals surface area (Å²) in [6, 6.07) is 15.5. The first kappa shape index (κ1) is 14.8. The minimum absolute atomic E-state index is 0.425. The predicted octanol–water partition coefficient (Wildman–Crippen LogP) is 3.68. The molecule has 0 spiro atoms. The van der Waals surface area contributed by atoms with Crippen LogP contribution in [0, 0.1) is 6.92 Å². The molecule has 0 saturated heterocycles. The molecule has 0 amide bonds.